The van der Waals surface area contributed by atoms with E-state index in [4.69, 9.17) is 0 Å². The molecule has 1 aromatic carbocycles. The van der Waals surface area contributed by atoms with E-state index in [0.29, 0.717) is 11.9 Å². The highest BCUT2D eigenvalue weighted by Crippen LogP contribution is 2.25. The van der Waals surface area contributed by atoms with E-state index >= 15 is 0 Å². The molecule has 1 aliphatic carbocycles. The largest absolute Gasteiger partial charge is 0.477 e. The van der Waals surface area contributed by atoms with Crippen LogP contribution >= 0.6 is 0 Å². The summed E-state index contributed by atoms with van der Waals surface area (Å²) in [6, 6.07) is 3.98. The van der Waals surface area contributed by atoms with Crippen molar-refractivity contribution in [1.82, 2.24) is 4.57 Å². The van der Waals surface area contributed by atoms with E-state index in [1.54, 1.807) is 0 Å². The Morgan fingerprint density at radius 1 is 1.25 bits per heavy atom. The topological polar surface area (TPSA) is 59.3 Å². The van der Waals surface area contributed by atoms with Gasteiger partial charge >= 0.3 is 5.97 Å². The predicted octanol–water partition coefficient (Wildman–Crippen LogP) is 2.60. The maximum atomic E-state index is 12.3. The molecule has 0 bridgehead atoms. The third-order valence-electron chi connectivity index (χ3n) is 4.11. The lowest BCUT2D eigenvalue weighted by atomic mass is 9.90. The number of aryl methyl sites for hydroxylation is 3. The van der Waals surface area contributed by atoms with Crippen LogP contribution in [0, 0.1) is 0 Å². The van der Waals surface area contributed by atoms with Gasteiger partial charge in [-0.1, -0.05) is 0 Å². The van der Waals surface area contributed by atoms with Gasteiger partial charge in [-0.25, -0.2) is 4.79 Å². The zero-order valence-electron chi connectivity index (χ0n) is 11.5. The second-order valence-electron chi connectivity index (χ2n) is 5.31. The van der Waals surface area contributed by atoms with Crippen LogP contribution in [0.15, 0.2) is 23.1 Å². The van der Waals surface area contributed by atoms with Crippen molar-refractivity contribution in [2.75, 3.05) is 0 Å². The predicted molar refractivity (Wildman–Crippen MR) is 77.5 cm³/mol. The number of carboxylic acids is 1. The first-order valence-electron chi connectivity index (χ1n) is 7.04. The summed E-state index contributed by atoms with van der Waals surface area (Å²) in [5, 5.41) is 9.70. The van der Waals surface area contributed by atoms with Gasteiger partial charge in [-0.2, -0.15) is 0 Å². The number of nitrogens with zero attached hydrogens (tertiary/aromatic N) is 1. The molecule has 3 rings (SSSR count). The van der Waals surface area contributed by atoms with Gasteiger partial charge in [0.2, 0.25) is 5.43 Å². The lowest BCUT2D eigenvalue weighted by molar-refractivity contribution is 0.0695. The van der Waals surface area contributed by atoms with Crippen molar-refractivity contribution in [2.24, 2.45) is 0 Å². The lowest BCUT2D eigenvalue weighted by Crippen LogP contribution is -2.19. The molecule has 1 aromatic heterocycles. The van der Waals surface area contributed by atoms with Gasteiger partial charge in [-0.15, -0.1) is 0 Å². The molecule has 104 valence electrons. The van der Waals surface area contributed by atoms with Crippen LogP contribution in [0.4, 0.5) is 0 Å². The smallest absolute Gasteiger partial charge is 0.341 e. The number of hydrogen-bond donors (Lipinski definition) is 1. The van der Waals surface area contributed by atoms with E-state index < -0.39 is 5.97 Å². The number of aromatic nitrogens is 1. The van der Waals surface area contributed by atoms with Crippen LogP contribution in [0.3, 0.4) is 0 Å². The third kappa shape index (κ3) is 1.92. The van der Waals surface area contributed by atoms with E-state index in [9.17, 15) is 14.7 Å². The molecule has 0 amide bonds. The summed E-state index contributed by atoms with van der Waals surface area (Å²) in [7, 11) is 0. The highest BCUT2D eigenvalue weighted by atomic mass is 16.4. The van der Waals surface area contributed by atoms with Gasteiger partial charge in [0.1, 0.15) is 5.56 Å². The maximum Gasteiger partial charge on any atom is 0.341 e. The van der Waals surface area contributed by atoms with Crippen molar-refractivity contribution in [1.29, 1.82) is 0 Å². The Hall–Kier alpha value is -2.10. The number of rotatable bonds is 2. The average Bonchev–Trinajstić information content (AvgIpc) is 2.46. The van der Waals surface area contributed by atoms with Crippen molar-refractivity contribution >= 4 is 16.9 Å². The second-order valence-corrected chi connectivity index (χ2v) is 5.31. The Kier molecular flexibility index (Phi) is 3.08. The molecule has 0 saturated heterocycles. The summed E-state index contributed by atoms with van der Waals surface area (Å²) < 4.78 is 1.86. The molecule has 0 saturated carbocycles. The van der Waals surface area contributed by atoms with Crippen molar-refractivity contribution in [3.63, 3.8) is 0 Å². The van der Waals surface area contributed by atoms with E-state index in [-0.39, 0.29) is 11.0 Å². The van der Waals surface area contributed by atoms with Crippen LogP contribution in [-0.4, -0.2) is 15.6 Å². The Morgan fingerprint density at radius 2 is 1.90 bits per heavy atom. The minimum atomic E-state index is -1.16. The summed E-state index contributed by atoms with van der Waals surface area (Å²) in [6.07, 6.45) is 5.81. The van der Waals surface area contributed by atoms with Gasteiger partial charge in [-0.3, -0.25) is 4.79 Å². The number of carboxylic acid groups (broad SMARTS) is 1. The summed E-state index contributed by atoms with van der Waals surface area (Å²) in [5.74, 6) is -1.16. The fraction of sp³-hybridized carbons (Fsp3) is 0.375. The lowest BCUT2D eigenvalue weighted by Gasteiger charge is -2.18. The van der Waals surface area contributed by atoms with Crippen molar-refractivity contribution < 1.29 is 9.90 Å². The van der Waals surface area contributed by atoms with Crippen molar-refractivity contribution in [3.8, 4) is 0 Å². The molecule has 1 N–H and O–H groups in total. The molecule has 4 heteroatoms. The Morgan fingerprint density at radius 3 is 2.50 bits per heavy atom. The van der Waals surface area contributed by atoms with Gasteiger partial charge in [-0.05, 0) is 55.9 Å². The molecule has 0 atom stereocenters. The molecule has 4 nitrogen and oxygen atoms in total. The molecule has 0 radical (unpaired) electrons. The minimum absolute atomic E-state index is 0.143. The summed E-state index contributed by atoms with van der Waals surface area (Å²) >= 11 is 0. The Labute approximate surface area is 116 Å². The van der Waals surface area contributed by atoms with Crippen molar-refractivity contribution in [2.45, 2.75) is 39.2 Å². The number of fused-ring (bicyclic) bond motifs is 2. The first kappa shape index (κ1) is 12.9. The normalized spacial score (nSPS) is 14.2. The van der Waals surface area contributed by atoms with Gasteiger partial charge in [0, 0.05) is 18.1 Å². The highest BCUT2D eigenvalue weighted by Gasteiger charge is 2.17. The minimum Gasteiger partial charge on any atom is -0.477 e. The van der Waals surface area contributed by atoms with E-state index in [0.717, 1.165) is 24.8 Å². The summed E-state index contributed by atoms with van der Waals surface area (Å²) in [6.45, 7) is 2.60. The van der Waals surface area contributed by atoms with E-state index in [1.165, 1.54) is 23.7 Å². The second kappa shape index (κ2) is 4.78. The van der Waals surface area contributed by atoms with E-state index in [2.05, 4.69) is 6.07 Å². The van der Waals surface area contributed by atoms with Gasteiger partial charge in [0.05, 0.1) is 5.52 Å². The Balaban J connectivity index is 2.39. The third-order valence-corrected chi connectivity index (χ3v) is 4.11. The van der Waals surface area contributed by atoms with Gasteiger partial charge in [0.15, 0.2) is 0 Å². The zero-order valence-corrected chi connectivity index (χ0v) is 11.5. The average molecular weight is 271 g/mol. The molecule has 0 aliphatic heterocycles. The SMILES string of the molecule is CCn1cc(C(=O)O)c(=O)c2cc3c(cc21)CCCC3. The van der Waals surface area contributed by atoms with Crippen molar-refractivity contribution in [3.05, 3.63) is 45.2 Å². The quantitative estimate of drug-likeness (QED) is 0.913. The van der Waals surface area contributed by atoms with Crippen LogP contribution < -0.4 is 5.43 Å². The molecule has 1 heterocycles. The molecular weight excluding hydrogens is 254 g/mol. The monoisotopic (exact) mass is 271 g/mol. The summed E-state index contributed by atoms with van der Waals surface area (Å²) in [5.41, 5.74) is 2.84. The maximum absolute atomic E-state index is 12.3. The first-order chi connectivity index (χ1) is 9.61. The number of carbonyl (C=O) groups is 1. The fourth-order valence-electron chi connectivity index (χ4n) is 3.04. The molecule has 0 fully saturated rings. The molecule has 0 spiro atoms. The zero-order chi connectivity index (χ0) is 14.3. The Bertz CT molecular complexity index is 758. The van der Waals surface area contributed by atoms with Crippen LogP contribution in [0.2, 0.25) is 0 Å². The molecule has 1 aliphatic rings. The number of pyridine rings is 1. The highest BCUT2D eigenvalue weighted by molar-refractivity contribution is 5.93. The first-order valence-corrected chi connectivity index (χ1v) is 7.04. The number of hydrogen-bond acceptors (Lipinski definition) is 2. The number of benzene rings is 1. The van der Waals surface area contributed by atoms with Gasteiger partial charge < -0.3 is 9.67 Å². The standard InChI is InChI=1S/C16H17NO3/c1-2-17-9-13(16(19)20)15(18)12-7-10-5-3-4-6-11(10)8-14(12)17/h7-9H,2-6H2,1H3,(H,19,20). The molecule has 0 unspecified atom stereocenters. The fourth-order valence-corrected chi connectivity index (χ4v) is 3.04. The van der Waals surface area contributed by atoms with Crippen LogP contribution in [0.25, 0.3) is 10.9 Å². The molecule has 2 aromatic rings. The van der Waals surface area contributed by atoms with E-state index in [1.807, 2.05) is 17.6 Å². The molecule has 20 heavy (non-hydrogen) atoms. The molecular formula is C16H17NO3. The summed E-state index contributed by atoms with van der Waals surface area (Å²) in [4.78, 5) is 23.5. The van der Waals surface area contributed by atoms with Crippen LogP contribution in [-0.2, 0) is 19.4 Å². The number of aromatic carboxylic acids is 1. The van der Waals surface area contributed by atoms with Crippen LogP contribution in [0.5, 0.6) is 0 Å². The van der Waals surface area contributed by atoms with Crippen LogP contribution in [0.1, 0.15) is 41.3 Å². The van der Waals surface area contributed by atoms with Gasteiger partial charge in [0.25, 0.3) is 0 Å².